The lowest BCUT2D eigenvalue weighted by atomic mass is 10.1. The van der Waals surface area contributed by atoms with Crippen LogP contribution in [0.4, 0.5) is 5.69 Å². The summed E-state index contributed by atoms with van der Waals surface area (Å²) in [5.41, 5.74) is 1.25. The van der Waals surface area contributed by atoms with Crippen molar-refractivity contribution in [3.8, 4) is 5.75 Å². The first-order chi connectivity index (χ1) is 15.2. The summed E-state index contributed by atoms with van der Waals surface area (Å²) in [5, 5.41) is 11.2. The van der Waals surface area contributed by atoms with Gasteiger partial charge in [-0.25, -0.2) is 14.6 Å². The second kappa shape index (κ2) is 10.0. The lowest BCUT2D eigenvalue weighted by Crippen LogP contribution is -2.15. The fourth-order valence-electron chi connectivity index (χ4n) is 2.87. The lowest BCUT2D eigenvalue weighted by Gasteiger charge is -2.10. The molecule has 0 aromatic heterocycles. The molecule has 0 atom stereocenters. The van der Waals surface area contributed by atoms with Crippen molar-refractivity contribution in [2.45, 2.75) is 13.8 Å². The first-order valence-corrected chi connectivity index (χ1v) is 10.8. The van der Waals surface area contributed by atoms with Crippen LogP contribution in [0.25, 0.3) is 6.08 Å². The Bertz CT molecular complexity index is 1150. The number of halogens is 2. The van der Waals surface area contributed by atoms with Gasteiger partial charge in [0.2, 0.25) is 5.90 Å². The Morgan fingerprint density at radius 2 is 1.97 bits per heavy atom. The predicted molar refractivity (Wildman–Crippen MR) is 122 cm³/mol. The van der Waals surface area contributed by atoms with Crippen LogP contribution in [0.1, 0.15) is 23.6 Å². The predicted octanol–water partition coefficient (Wildman–Crippen LogP) is 4.71. The highest BCUT2D eigenvalue weighted by Crippen LogP contribution is 2.36. The molecule has 0 saturated carbocycles. The van der Waals surface area contributed by atoms with Gasteiger partial charge in [-0.2, -0.15) is 0 Å². The maximum atomic E-state index is 12.3. The third-order valence-electron chi connectivity index (χ3n) is 4.32. The van der Waals surface area contributed by atoms with Crippen LogP contribution in [0.2, 0.25) is 0 Å². The summed E-state index contributed by atoms with van der Waals surface area (Å²) in [6.45, 7) is 3.27. The number of nitrogens with zero attached hydrogens (tertiary/aromatic N) is 2. The fraction of sp³-hybridized carbons (Fsp3) is 0.190. The fourth-order valence-corrected chi connectivity index (χ4v) is 4.32. The van der Waals surface area contributed by atoms with E-state index in [1.807, 2.05) is 0 Å². The number of esters is 2. The molecule has 1 aliphatic rings. The second-order valence-electron chi connectivity index (χ2n) is 6.45. The maximum Gasteiger partial charge on any atom is 0.363 e. The van der Waals surface area contributed by atoms with Crippen molar-refractivity contribution in [1.29, 1.82) is 0 Å². The van der Waals surface area contributed by atoms with Crippen LogP contribution in [0, 0.1) is 17.0 Å². The SMILES string of the molecule is CCOC(=O)COc1c(Br)cc(/C=C2\N=C(c3cccc([N+](=O)[O-])c3C)OC2=O)cc1Br. The van der Waals surface area contributed by atoms with Crippen molar-refractivity contribution < 1.29 is 28.7 Å². The third kappa shape index (κ3) is 5.22. The molecule has 2 aromatic rings. The van der Waals surface area contributed by atoms with Gasteiger partial charge in [-0.3, -0.25) is 10.1 Å². The van der Waals surface area contributed by atoms with E-state index in [2.05, 4.69) is 36.9 Å². The Kier molecular flexibility index (Phi) is 7.41. The van der Waals surface area contributed by atoms with Crippen LogP contribution < -0.4 is 4.74 Å². The second-order valence-corrected chi connectivity index (χ2v) is 8.16. The number of cyclic esters (lactones) is 1. The highest BCUT2D eigenvalue weighted by molar-refractivity contribution is 9.11. The molecule has 0 bridgehead atoms. The number of nitro groups is 1. The van der Waals surface area contributed by atoms with Crippen molar-refractivity contribution in [3.63, 3.8) is 0 Å². The average Bonchev–Trinajstić information content (AvgIpc) is 3.07. The zero-order valence-corrected chi connectivity index (χ0v) is 20.1. The highest BCUT2D eigenvalue weighted by Gasteiger charge is 2.27. The van der Waals surface area contributed by atoms with Gasteiger partial charge in [-0.15, -0.1) is 0 Å². The van der Waals surface area contributed by atoms with Gasteiger partial charge in [0.15, 0.2) is 12.3 Å². The summed E-state index contributed by atoms with van der Waals surface area (Å²) in [6.07, 6.45) is 1.51. The van der Waals surface area contributed by atoms with Gasteiger partial charge in [0.1, 0.15) is 5.75 Å². The summed E-state index contributed by atoms with van der Waals surface area (Å²) in [7, 11) is 0. The van der Waals surface area contributed by atoms with E-state index in [0.717, 1.165) is 0 Å². The molecule has 0 N–H and O–H groups in total. The summed E-state index contributed by atoms with van der Waals surface area (Å²) in [5.74, 6) is -0.786. The van der Waals surface area contributed by atoms with Gasteiger partial charge < -0.3 is 14.2 Å². The van der Waals surface area contributed by atoms with E-state index in [1.165, 1.54) is 18.2 Å². The zero-order chi connectivity index (χ0) is 23.4. The van der Waals surface area contributed by atoms with Crippen LogP contribution >= 0.6 is 31.9 Å². The van der Waals surface area contributed by atoms with E-state index >= 15 is 0 Å². The molecule has 166 valence electrons. The van der Waals surface area contributed by atoms with Gasteiger partial charge >= 0.3 is 11.9 Å². The summed E-state index contributed by atoms with van der Waals surface area (Å²) in [6, 6.07) is 7.82. The smallest absolute Gasteiger partial charge is 0.363 e. The van der Waals surface area contributed by atoms with Gasteiger partial charge in [0.25, 0.3) is 5.69 Å². The number of carbonyl (C=O) groups is 2. The van der Waals surface area contributed by atoms with E-state index in [9.17, 15) is 19.7 Å². The number of ether oxygens (including phenoxy) is 3. The van der Waals surface area contributed by atoms with Crippen molar-refractivity contribution >= 4 is 61.5 Å². The minimum absolute atomic E-state index is 0.00466. The Morgan fingerprint density at radius 3 is 2.59 bits per heavy atom. The van der Waals surface area contributed by atoms with Gasteiger partial charge in [-0.1, -0.05) is 6.07 Å². The number of aliphatic imine (C=N–C) groups is 1. The minimum Gasteiger partial charge on any atom is -0.480 e. The quantitative estimate of drug-likeness (QED) is 0.206. The zero-order valence-electron chi connectivity index (χ0n) is 16.9. The molecular weight excluding hydrogens is 552 g/mol. The van der Waals surface area contributed by atoms with E-state index in [4.69, 9.17) is 14.2 Å². The first-order valence-electron chi connectivity index (χ1n) is 9.25. The summed E-state index contributed by atoms with van der Waals surface area (Å²) >= 11 is 6.76. The number of benzene rings is 2. The molecule has 0 amide bonds. The number of hydrogen-bond donors (Lipinski definition) is 0. The lowest BCUT2D eigenvalue weighted by molar-refractivity contribution is -0.385. The average molecular weight is 568 g/mol. The van der Waals surface area contributed by atoms with Crippen LogP contribution in [-0.4, -0.2) is 36.0 Å². The van der Waals surface area contributed by atoms with Crippen molar-refractivity contribution in [2.24, 2.45) is 4.99 Å². The number of nitro benzene ring substituents is 1. The van der Waals surface area contributed by atoms with Gasteiger partial charge in [0, 0.05) is 17.2 Å². The Balaban J connectivity index is 1.88. The summed E-state index contributed by atoms with van der Waals surface area (Å²) < 4.78 is 16.6. The first kappa shape index (κ1) is 23.6. The van der Waals surface area contributed by atoms with Crippen molar-refractivity contribution in [3.05, 3.63) is 71.8 Å². The molecule has 0 saturated heterocycles. The monoisotopic (exact) mass is 566 g/mol. The van der Waals surface area contributed by atoms with E-state index in [-0.39, 0.29) is 30.5 Å². The van der Waals surface area contributed by atoms with Crippen molar-refractivity contribution in [2.75, 3.05) is 13.2 Å². The standard InChI is InChI=1S/C21H16Br2N2O7/c1-3-30-18(26)10-31-19-14(22)7-12(8-15(19)23)9-16-21(27)32-20(24-16)13-5-4-6-17(11(13)2)25(28)29/h4-9H,3,10H2,1-2H3/b16-9-. The molecule has 0 radical (unpaired) electrons. The van der Waals surface area contributed by atoms with Gasteiger partial charge in [-0.05, 0) is 75.5 Å². The Morgan fingerprint density at radius 1 is 1.28 bits per heavy atom. The normalized spacial score (nSPS) is 14.2. The van der Waals surface area contributed by atoms with Gasteiger partial charge in [0.05, 0.1) is 20.5 Å². The van der Waals surface area contributed by atoms with Crippen LogP contribution in [0.15, 0.2) is 50.0 Å². The largest absolute Gasteiger partial charge is 0.480 e. The molecule has 1 heterocycles. The topological polar surface area (TPSA) is 117 Å². The molecular formula is C21H16Br2N2O7. The van der Waals surface area contributed by atoms with E-state index < -0.39 is 16.9 Å². The summed E-state index contributed by atoms with van der Waals surface area (Å²) in [4.78, 5) is 38.7. The number of rotatable bonds is 7. The molecule has 0 unspecified atom stereocenters. The van der Waals surface area contributed by atoms with Crippen LogP contribution in [0.3, 0.4) is 0 Å². The molecule has 0 aliphatic carbocycles. The number of hydrogen-bond acceptors (Lipinski definition) is 8. The molecule has 3 rings (SSSR count). The number of carbonyl (C=O) groups excluding carboxylic acids is 2. The molecule has 0 spiro atoms. The van der Waals surface area contributed by atoms with Crippen LogP contribution in [-0.2, 0) is 19.1 Å². The molecule has 2 aromatic carbocycles. The molecule has 0 fully saturated rings. The molecule has 1 aliphatic heterocycles. The van der Waals surface area contributed by atoms with E-state index in [1.54, 1.807) is 32.0 Å². The van der Waals surface area contributed by atoms with E-state index in [0.29, 0.717) is 31.4 Å². The minimum atomic E-state index is -0.680. The maximum absolute atomic E-state index is 12.3. The molecule has 32 heavy (non-hydrogen) atoms. The Hall–Kier alpha value is -3.05. The van der Waals surface area contributed by atoms with Crippen LogP contribution in [0.5, 0.6) is 5.75 Å². The molecule has 11 heteroatoms. The molecule has 9 nitrogen and oxygen atoms in total. The Labute approximate surface area is 199 Å². The van der Waals surface area contributed by atoms with Crippen molar-refractivity contribution in [1.82, 2.24) is 0 Å². The highest BCUT2D eigenvalue weighted by atomic mass is 79.9. The third-order valence-corrected chi connectivity index (χ3v) is 5.49.